The Kier molecular flexibility index (Phi) is 9.66. The predicted octanol–water partition coefficient (Wildman–Crippen LogP) is 4.53. The van der Waals surface area contributed by atoms with Crippen molar-refractivity contribution in [2.24, 2.45) is 0 Å². The Morgan fingerprint density at radius 2 is 1.84 bits per heavy atom. The van der Waals surface area contributed by atoms with Gasteiger partial charge in [-0.15, -0.1) is 12.4 Å². The molecule has 2 aromatic rings. The number of nitrogens with zero attached hydrogens (tertiary/aromatic N) is 1. The lowest BCUT2D eigenvalue weighted by Crippen LogP contribution is -2.26. The molecule has 0 aliphatic heterocycles. The first-order valence-corrected chi connectivity index (χ1v) is 8.36. The number of rotatable bonds is 8. The summed E-state index contributed by atoms with van der Waals surface area (Å²) >= 11 is 0. The van der Waals surface area contributed by atoms with Crippen molar-refractivity contribution < 1.29 is 9.53 Å². The second kappa shape index (κ2) is 11.5. The van der Waals surface area contributed by atoms with Gasteiger partial charge >= 0.3 is 6.09 Å². The van der Waals surface area contributed by atoms with E-state index in [1.54, 1.807) is 0 Å². The van der Waals surface area contributed by atoms with E-state index < -0.39 is 6.09 Å². The van der Waals surface area contributed by atoms with Crippen LogP contribution in [-0.2, 0) is 11.2 Å². The summed E-state index contributed by atoms with van der Waals surface area (Å²) < 4.78 is 5.23. The Balaban J connectivity index is 0.00000312. The van der Waals surface area contributed by atoms with Crippen LogP contribution in [0.3, 0.4) is 0 Å². The lowest BCUT2D eigenvalue weighted by atomic mass is 10.1. The summed E-state index contributed by atoms with van der Waals surface area (Å²) in [6, 6.07) is 18.1. The summed E-state index contributed by atoms with van der Waals surface area (Å²) in [6.45, 7) is 4.09. The smallest absolute Gasteiger partial charge is 0.411 e. The van der Waals surface area contributed by atoms with Gasteiger partial charge in [0.15, 0.2) is 0 Å². The van der Waals surface area contributed by atoms with Crippen molar-refractivity contribution >= 4 is 24.2 Å². The lowest BCUT2D eigenvalue weighted by Gasteiger charge is -2.16. The van der Waals surface area contributed by atoms with E-state index in [0.717, 1.165) is 37.2 Å². The minimum atomic E-state index is -0.404. The van der Waals surface area contributed by atoms with Gasteiger partial charge in [-0.1, -0.05) is 42.5 Å². The summed E-state index contributed by atoms with van der Waals surface area (Å²) in [5, 5.41) is 2.74. The maximum Gasteiger partial charge on any atom is 0.411 e. The molecule has 0 saturated carbocycles. The number of halogens is 1. The van der Waals surface area contributed by atoms with Crippen LogP contribution in [0.5, 0.6) is 0 Å². The molecule has 2 rings (SSSR count). The number of ether oxygens (including phenoxy) is 1. The van der Waals surface area contributed by atoms with Crippen molar-refractivity contribution in [2.45, 2.75) is 19.8 Å². The molecule has 0 aliphatic rings. The molecule has 4 nitrogen and oxygen atoms in total. The average molecular weight is 363 g/mol. The van der Waals surface area contributed by atoms with E-state index in [1.807, 2.05) is 44.3 Å². The van der Waals surface area contributed by atoms with Crippen LogP contribution in [-0.4, -0.2) is 37.7 Å². The third-order valence-electron chi connectivity index (χ3n) is 3.82. The van der Waals surface area contributed by atoms with Gasteiger partial charge < -0.3 is 9.64 Å². The Hall–Kier alpha value is -2.04. The van der Waals surface area contributed by atoms with Crippen LogP contribution in [0.2, 0.25) is 0 Å². The topological polar surface area (TPSA) is 41.6 Å². The molecule has 0 unspecified atom stereocenters. The van der Waals surface area contributed by atoms with Crippen LogP contribution in [0.25, 0.3) is 0 Å². The number of nitrogens with one attached hydrogen (secondary N) is 1. The van der Waals surface area contributed by atoms with Crippen molar-refractivity contribution in [3.8, 4) is 0 Å². The molecule has 136 valence electrons. The fraction of sp³-hybridized carbons (Fsp3) is 0.350. The molecule has 25 heavy (non-hydrogen) atoms. The van der Waals surface area contributed by atoms with Crippen molar-refractivity contribution in [2.75, 3.05) is 32.1 Å². The number of hydrogen-bond acceptors (Lipinski definition) is 3. The Morgan fingerprint density at radius 3 is 2.56 bits per heavy atom. The van der Waals surface area contributed by atoms with Gasteiger partial charge in [-0.05, 0) is 56.6 Å². The Labute approximate surface area is 156 Å². The fourth-order valence-electron chi connectivity index (χ4n) is 2.48. The highest BCUT2D eigenvalue weighted by Crippen LogP contribution is 2.09. The van der Waals surface area contributed by atoms with Crippen LogP contribution >= 0.6 is 12.4 Å². The molecule has 1 amide bonds. The first-order chi connectivity index (χ1) is 11.6. The van der Waals surface area contributed by atoms with Crippen LogP contribution in [0, 0.1) is 6.92 Å². The van der Waals surface area contributed by atoms with Crippen LogP contribution in [0.15, 0.2) is 54.6 Å². The van der Waals surface area contributed by atoms with E-state index in [9.17, 15) is 4.79 Å². The van der Waals surface area contributed by atoms with E-state index in [1.165, 1.54) is 5.56 Å². The number of amides is 1. The molecule has 0 aliphatic carbocycles. The quantitative estimate of drug-likeness (QED) is 0.750. The molecule has 0 aromatic heterocycles. The Morgan fingerprint density at radius 1 is 1.08 bits per heavy atom. The number of carbonyl (C=O) groups is 1. The summed E-state index contributed by atoms with van der Waals surface area (Å²) in [5.41, 5.74) is 3.22. The minimum Gasteiger partial charge on any atom is -0.448 e. The summed E-state index contributed by atoms with van der Waals surface area (Å²) in [4.78, 5) is 13.9. The molecule has 5 heteroatoms. The van der Waals surface area contributed by atoms with E-state index in [0.29, 0.717) is 6.61 Å². The summed E-state index contributed by atoms with van der Waals surface area (Å²) in [7, 11) is 2.05. The number of hydrogen-bond donors (Lipinski definition) is 1. The van der Waals surface area contributed by atoms with Gasteiger partial charge in [-0.25, -0.2) is 4.79 Å². The molecule has 0 radical (unpaired) electrons. The van der Waals surface area contributed by atoms with Gasteiger partial charge in [0.2, 0.25) is 0 Å². The zero-order valence-electron chi connectivity index (χ0n) is 14.9. The van der Waals surface area contributed by atoms with Gasteiger partial charge in [0.05, 0.1) is 0 Å². The number of likely N-dealkylation sites (N-methyl/N-ethyl adjacent to an activating group) is 1. The normalized spacial score (nSPS) is 10.2. The van der Waals surface area contributed by atoms with Crippen molar-refractivity contribution in [3.63, 3.8) is 0 Å². The number of carbonyl (C=O) groups excluding carboxylic acids is 1. The fourth-order valence-corrected chi connectivity index (χ4v) is 2.48. The first kappa shape index (κ1) is 21.0. The van der Waals surface area contributed by atoms with Crippen molar-refractivity contribution in [1.29, 1.82) is 0 Å². The molecule has 0 bridgehead atoms. The highest BCUT2D eigenvalue weighted by molar-refractivity contribution is 5.85. The largest absolute Gasteiger partial charge is 0.448 e. The summed E-state index contributed by atoms with van der Waals surface area (Å²) in [6.07, 6.45) is 1.76. The molecular formula is C20H27ClN2O2. The predicted molar refractivity (Wildman–Crippen MR) is 106 cm³/mol. The van der Waals surface area contributed by atoms with E-state index in [2.05, 4.69) is 34.5 Å². The van der Waals surface area contributed by atoms with Gasteiger partial charge in [0, 0.05) is 12.2 Å². The third kappa shape index (κ3) is 8.57. The molecule has 0 atom stereocenters. The highest BCUT2D eigenvalue weighted by atomic mass is 35.5. The van der Waals surface area contributed by atoms with E-state index in [4.69, 9.17) is 4.74 Å². The number of benzene rings is 2. The standard InChI is InChI=1S/C20H26N2O2.ClH/c1-17-8-6-12-19(16-17)21-20(23)24-15-14-22(2)13-7-11-18-9-4-3-5-10-18;/h3-6,8-10,12,16H,7,11,13-15H2,1-2H3,(H,21,23);1H. The van der Waals surface area contributed by atoms with Gasteiger partial charge in [0.1, 0.15) is 6.61 Å². The molecule has 0 saturated heterocycles. The summed E-state index contributed by atoms with van der Waals surface area (Å²) in [5.74, 6) is 0. The van der Waals surface area contributed by atoms with Crippen LogP contribution < -0.4 is 5.32 Å². The Bertz CT molecular complexity index is 635. The molecular weight excluding hydrogens is 336 g/mol. The van der Waals surface area contributed by atoms with Crippen LogP contribution in [0.1, 0.15) is 17.5 Å². The van der Waals surface area contributed by atoms with E-state index in [-0.39, 0.29) is 12.4 Å². The zero-order chi connectivity index (χ0) is 17.2. The third-order valence-corrected chi connectivity index (χ3v) is 3.82. The van der Waals surface area contributed by atoms with Crippen molar-refractivity contribution in [1.82, 2.24) is 4.90 Å². The molecule has 0 spiro atoms. The van der Waals surface area contributed by atoms with E-state index >= 15 is 0 Å². The number of aryl methyl sites for hydroxylation is 2. The molecule has 2 aromatic carbocycles. The zero-order valence-corrected chi connectivity index (χ0v) is 15.7. The van der Waals surface area contributed by atoms with Gasteiger partial charge in [-0.3, -0.25) is 5.32 Å². The van der Waals surface area contributed by atoms with Gasteiger partial charge in [-0.2, -0.15) is 0 Å². The molecule has 0 heterocycles. The van der Waals surface area contributed by atoms with Crippen LogP contribution in [0.4, 0.5) is 10.5 Å². The first-order valence-electron chi connectivity index (χ1n) is 8.36. The maximum atomic E-state index is 11.8. The second-order valence-electron chi connectivity index (χ2n) is 6.02. The average Bonchev–Trinajstić information content (AvgIpc) is 2.56. The number of anilines is 1. The van der Waals surface area contributed by atoms with Gasteiger partial charge in [0.25, 0.3) is 0 Å². The molecule has 1 N–H and O–H groups in total. The molecule has 0 fully saturated rings. The monoisotopic (exact) mass is 362 g/mol. The SMILES string of the molecule is Cc1cccc(NC(=O)OCCN(C)CCCc2ccccc2)c1.Cl. The lowest BCUT2D eigenvalue weighted by molar-refractivity contribution is 0.146. The van der Waals surface area contributed by atoms with Crippen molar-refractivity contribution in [3.05, 3.63) is 65.7 Å². The minimum absolute atomic E-state index is 0. The highest BCUT2D eigenvalue weighted by Gasteiger charge is 2.05. The maximum absolute atomic E-state index is 11.8. The second-order valence-corrected chi connectivity index (χ2v) is 6.02.